The van der Waals surface area contributed by atoms with Gasteiger partial charge in [0.25, 0.3) is 0 Å². The zero-order valence-corrected chi connectivity index (χ0v) is 15.8. The van der Waals surface area contributed by atoms with E-state index >= 15 is 0 Å². The average Bonchev–Trinajstić information content (AvgIpc) is 2.58. The molecule has 0 radical (unpaired) electrons. The SMILES string of the molecule is CC(C)(C)NC(=O)OC1C2CC1CN(c1cnc3nc(Cl)ccc3n1)C2. The number of nitrogens with zero attached hydrogens (tertiary/aromatic N) is 4. The number of pyridine rings is 1. The molecule has 2 aliphatic heterocycles. The lowest BCUT2D eigenvalue weighted by Gasteiger charge is -2.52. The number of rotatable bonds is 2. The Morgan fingerprint density at radius 3 is 2.69 bits per heavy atom. The summed E-state index contributed by atoms with van der Waals surface area (Å²) in [6.07, 6.45) is 2.47. The normalized spacial score (nSPS) is 24.9. The predicted octanol–water partition coefficient (Wildman–Crippen LogP) is 3.03. The lowest BCUT2D eigenvalue weighted by molar-refractivity contribution is -0.0640. The Kier molecular flexibility index (Phi) is 4.14. The molecule has 0 spiro atoms. The van der Waals surface area contributed by atoms with Crippen molar-refractivity contribution in [1.29, 1.82) is 0 Å². The van der Waals surface area contributed by atoms with Gasteiger partial charge in [-0.2, -0.15) is 0 Å². The molecule has 2 atom stereocenters. The van der Waals surface area contributed by atoms with Gasteiger partial charge in [0.15, 0.2) is 5.65 Å². The molecule has 2 bridgehead atoms. The number of ether oxygens (including phenoxy) is 1. The average molecular weight is 376 g/mol. The van der Waals surface area contributed by atoms with Crippen LogP contribution >= 0.6 is 11.6 Å². The molecule has 2 aromatic rings. The highest BCUT2D eigenvalue weighted by Gasteiger charge is 2.49. The molecule has 2 saturated heterocycles. The monoisotopic (exact) mass is 375 g/mol. The summed E-state index contributed by atoms with van der Waals surface area (Å²) >= 11 is 5.89. The molecule has 3 aliphatic rings. The van der Waals surface area contributed by atoms with Crippen LogP contribution < -0.4 is 10.2 Å². The molecule has 1 N–H and O–H groups in total. The van der Waals surface area contributed by atoms with Crippen molar-refractivity contribution in [3.05, 3.63) is 23.5 Å². The molecular formula is C18H22ClN5O2. The number of halogens is 1. The van der Waals surface area contributed by atoms with E-state index in [2.05, 4.69) is 25.2 Å². The number of carbonyl (C=O) groups is 1. The Morgan fingerprint density at radius 2 is 2.00 bits per heavy atom. The minimum Gasteiger partial charge on any atom is -0.446 e. The summed E-state index contributed by atoms with van der Waals surface area (Å²) < 4.78 is 5.66. The summed E-state index contributed by atoms with van der Waals surface area (Å²) in [7, 11) is 0. The summed E-state index contributed by atoms with van der Waals surface area (Å²) in [5.41, 5.74) is 0.978. The third-order valence-electron chi connectivity index (χ3n) is 4.85. The molecule has 1 saturated carbocycles. The van der Waals surface area contributed by atoms with Crippen LogP contribution in [0.1, 0.15) is 27.2 Å². The molecule has 138 valence electrons. The number of carbonyl (C=O) groups excluding carboxylic acids is 1. The van der Waals surface area contributed by atoms with Gasteiger partial charge >= 0.3 is 6.09 Å². The second-order valence-corrected chi connectivity index (χ2v) is 8.50. The van der Waals surface area contributed by atoms with Crippen LogP contribution in [0.25, 0.3) is 11.2 Å². The minimum atomic E-state index is -0.334. The summed E-state index contributed by atoms with van der Waals surface area (Å²) in [4.78, 5) is 27.4. The Labute approximate surface area is 157 Å². The lowest BCUT2D eigenvalue weighted by atomic mass is 9.68. The molecule has 7 nitrogen and oxygen atoms in total. The van der Waals surface area contributed by atoms with E-state index in [1.807, 2.05) is 26.8 Å². The summed E-state index contributed by atoms with van der Waals surface area (Å²) in [6, 6.07) is 3.54. The van der Waals surface area contributed by atoms with Gasteiger partial charge in [-0.05, 0) is 39.3 Å². The van der Waals surface area contributed by atoms with E-state index in [0.717, 1.165) is 30.8 Å². The first-order chi connectivity index (χ1) is 12.3. The van der Waals surface area contributed by atoms with Gasteiger partial charge in [-0.1, -0.05) is 11.6 Å². The first kappa shape index (κ1) is 17.3. The van der Waals surface area contributed by atoms with Crippen LogP contribution in [0.15, 0.2) is 18.3 Å². The number of fused-ring (bicyclic) bond motifs is 3. The largest absolute Gasteiger partial charge is 0.446 e. The topological polar surface area (TPSA) is 80.2 Å². The van der Waals surface area contributed by atoms with Gasteiger partial charge in [0, 0.05) is 30.5 Å². The number of aromatic nitrogens is 3. The number of amides is 1. The molecule has 2 aromatic heterocycles. The molecule has 4 heterocycles. The van der Waals surface area contributed by atoms with Crippen molar-refractivity contribution in [2.75, 3.05) is 18.0 Å². The van der Waals surface area contributed by atoms with Crippen molar-refractivity contribution >= 4 is 34.7 Å². The Balaban J connectivity index is 1.42. The van der Waals surface area contributed by atoms with Crippen LogP contribution in [-0.2, 0) is 4.74 Å². The number of piperidine rings is 2. The molecular weight excluding hydrogens is 354 g/mol. The van der Waals surface area contributed by atoms with E-state index in [1.165, 1.54) is 0 Å². The van der Waals surface area contributed by atoms with Crippen LogP contribution in [0.3, 0.4) is 0 Å². The smallest absolute Gasteiger partial charge is 0.407 e. The van der Waals surface area contributed by atoms with Crippen molar-refractivity contribution in [3.8, 4) is 0 Å². The highest BCUT2D eigenvalue weighted by atomic mass is 35.5. The van der Waals surface area contributed by atoms with Crippen molar-refractivity contribution in [2.45, 2.75) is 38.8 Å². The van der Waals surface area contributed by atoms with Gasteiger partial charge in [0.05, 0.1) is 6.20 Å². The maximum absolute atomic E-state index is 12.0. The van der Waals surface area contributed by atoms with E-state index in [1.54, 1.807) is 12.3 Å². The van der Waals surface area contributed by atoms with Crippen molar-refractivity contribution in [1.82, 2.24) is 20.3 Å². The fourth-order valence-electron chi connectivity index (χ4n) is 3.71. The second-order valence-electron chi connectivity index (χ2n) is 8.11. The minimum absolute atomic E-state index is 0.0116. The molecule has 0 aromatic carbocycles. The number of anilines is 1. The van der Waals surface area contributed by atoms with Crippen LogP contribution in [0.2, 0.25) is 5.15 Å². The molecule has 1 aliphatic carbocycles. The first-order valence-corrected chi connectivity index (χ1v) is 9.19. The Hall–Kier alpha value is -2.15. The van der Waals surface area contributed by atoms with E-state index in [0.29, 0.717) is 22.6 Å². The fraction of sp³-hybridized carbons (Fsp3) is 0.556. The van der Waals surface area contributed by atoms with Gasteiger partial charge in [0.1, 0.15) is 22.6 Å². The summed E-state index contributed by atoms with van der Waals surface area (Å²) in [5.74, 6) is 1.49. The van der Waals surface area contributed by atoms with Gasteiger partial charge in [-0.3, -0.25) is 0 Å². The van der Waals surface area contributed by atoms with E-state index in [4.69, 9.17) is 16.3 Å². The number of hydrogen-bond donors (Lipinski definition) is 1. The number of alkyl carbamates (subject to hydrolysis) is 1. The van der Waals surface area contributed by atoms with Crippen molar-refractivity contribution in [3.63, 3.8) is 0 Å². The molecule has 1 amide bonds. The van der Waals surface area contributed by atoms with E-state index in [-0.39, 0.29) is 17.7 Å². The van der Waals surface area contributed by atoms with Gasteiger partial charge in [-0.15, -0.1) is 0 Å². The zero-order chi connectivity index (χ0) is 18.5. The maximum Gasteiger partial charge on any atom is 0.407 e. The molecule has 26 heavy (non-hydrogen) atoms. The highest BCUT2D eigenvalue weighted by Crippen LogP contribution is 2.43. The standard InChI is InChI=1S/C18H22ClN5O2/c1-18(2,3)23-17(25)26-15-10-6-11(15)9-24(8-10)14-7-20-16-12(21-14)4-5-13(19)22-16/h4-5,7,10-11,15H,6,8-9H2,1-3H3,(H,23,25). The van der Waals surface area contributed by atoms with Gasteiger partial charge < -0.3 is 15.0 Å². The third-order valence-corrected chi connectivity index (χ3v) is 5.06. The molecule has 3 fully saturated rings. The molecule has 2 unspecified atom stereocenters. The Morgan fingerprint density at radius 1 is 1.27 bits per heavy atom. The second kappa shape index (κ2) is 6.23. The van der Waals surface area contributed by atoms with Crippen molar-refractivity contribution < 1.29 is 9.53 Å². The third kappa shape index (κ3) is 3.40. The molecule has 8 heteroatoms. The van der Waals surface area contributed by atoms with Crippen LogP contribution in [0.4, 0.5) is 10.6 Å². The Bertz CT molecular complexity index is 841. The molecule has 5 rings (SSSR count). The maximum atomic E-state index is 12.0. The van der Waals surface area contributed by atoms with Crippen LogP contribution in [0, 0.1) is 11.8 Å². The number of hydrogen-bond acceptors (Lipinski definition) is 6. The van der Waals surface area contributed by atoms with Crippen LogP contribution in [-0.4, -0.2) is 45.8 Å². The number of nitrogens with one attached hydrogen (secondary N) is 1. The fourth-order valence-corrected chi connectivity index (χ4v) is 3.85. The van der Waals surface area contributed by atoms with E-state index in [9.17, 15) is 4.79 Å². The summed E-state index contributed by atoms with van der Waals surface area (Å²) in [5, 5.41) is 3.27. The van der Waals surface area contributed by atoms with Crippen molar-refractivity contribution in [2.24, 2.45) is 11.8 Å². The summed E-state index contributed by atoms with van der Waals surface area (Å²) in [6.45, 7) is 7.45. The zero-order valence-electron chi connectivity index (χ0n) is 15.1. The lowest BCUT2D eigenvalue weighted by Crippen LogP contribution is -2.61. The van der Waals surface area contributed by atoms with Gasteiger partial charge in [-0.25, -0.2) is 19.7 Å². The van der Waals surface area contributed by atoms with Gasteiger partial charge in [0.2, 0.25) is 0 Å². The highest BCUT2D eigenvalue weighted by molar-refractivity contribution is 6.29. The predicted molar refractivity (Wildman–Crippen MR) is 99.3 cm³/mol. The first-order valence-electron chi connectivity index (χ1n) is 8.81. The van der Waals surface area contributed by atoms with E-state index < -0.39 is 0 Å². The van der Waals surface area contributed by atoms with Crippen LogP contribution in [0.5, 0.6) is 0 Å². The quantitative estimate of drug-likeness (QED) is 0.812.